The van der Waals surface area contributed by atoms with Crippen LogP contribution in [0.4, 0.5) is 0 Å². The van der Waals surface area contributed by atoms with Crippen molar-refractivity contribution in [3.63, 3.8) is 0 Å². The van der Waals surface area contributed by atoms with E-state index in [2.05, 4.69) is 16.0 Å². The van der Waals surface area contributed by atoms with Crippen molar-refractivity contribution in [1.82, 2.24) is 14.9 Å². The minimum absolute atomic E-state index is 0.0942. The summed E-state index contributed by atoms with van der Waals surface area (Å²) < 4.78 is 5.52. The van der Waals surface area contributed by atoms with Crippen LogP contribution in [0.5, 0.6) is 0 Å². The molecule has 1 fully saturated rings. The molecule has 1 aliphatic rings. The van der Waals surface area contributed by atoms with Crippen LogP contribution < -0.4 is 0 Å². The molecule has 1 atom stereocenters. The Labute approximate surface area is 128 Å². The van der Waals surface area contributed by atoms with Crippen LogP contribution in [0.15, 0.2) is 23.7 Å². The summed E-state index contributed by atoms with van der Waals surface area (Å²) in [7, 11) is 0. The predicted octanol–water partition coefficient (Wildman–Crippen LogP) is 2.31. The number of carbonyl (C=O) groups is 1. The van der Waals surface area contributed by atoms with Gasteiger partial charge >= 0.3 is 0 Å². The van der Waals surface area contributed by atoms with Gasteiger partial charge in [-0.1, -0.05) is 6.07 Å². The molecule has 1 aliphatic heterocycles. The molecule has 1 N–H and O–H groups in total. The molecule has 2 aromatic rings. The minimum atomic E-state index is -0.0942. The average Bonchev–Trinajstić information content (AvgIpc) is 3.16. The third kappa shape index (κ3) is 3.33. The molecule has 0 spiro atoms. The van der Waals surface area contributed by atoms with Gasteiger partial charge in [0, 0.05) is 29.7 Å². The first kappa shape index (κ1) is 14.3. The second-order valence-electron chi connectivity index (χ2n) is 5.21. The lowest BCUT2D eigenvalue weighted by atomic mass is 10.1. The van der Waals surface area contributed by atoms with E-state index in [-0.39, 0.29) is 11.9 Å². The van der Waals surface area contributed by atoms with E-state index in [0.29, 0.717) is 26.2 Å². The zero-order chi connectivity index (χ0) is 14.7. The Bertz CT molecular complexity index is 594. The molecular formula is C15H19N3O2S. The van der Waals surface area contributed by atoms with Crippen molar-refractivity contribution < 1.29 is 9.53 Å². The molecule has 1 amide bonds. The summed E-state index contributed by atoms with van der Waals surface area (Å²) in [6.07, 6.45) is 3.13. The molecule has 3 rings (SSSR count). The minimum Gasteiger partial charge on any atom is -0.377 e. The third-order valence-corrected chi connectivity index (χ3v) is 4.59. The smallest absolute Gasteiger partial charge is 0.223 e. The highest BCUT2D eigenvalue weighted by Crippen LogP contribution is 2.23. The fourth-order valence-electron chi connectivity index (χ4n) is 2.56. The van der Waals surface area contributed by atoms with Gasteiger partial charge in [-0.15, -0.1) is 11.3 Å². The summed E-state index contributed by atoms with van der Waals surface area (Å²) in [5, 5.41) is 2.04. The largest absolute Gasteiger partial charge is 0.377 e. The second-order valence-corrected chi connectivity index (χ2v) is 6.24. The van der Waals surface area contributed by atoms with Gasteiger partial charge in [0.25, 0.3) is 0 Å². The zero-order valence-corrected chi connectivity index (χ0v) is 12.9. The fraction of sp³-hybridized carbons (Fsp3) is 0.467. The number of imidazole rings is 1. The Balaban J connectivity index is 1.67. The van der Waals surface area contributed by atoms with Gasteiger partial charge in [-0.2, -0.15) is 0 Å². The van der Waals surface area contributed by atoms with Crippen LogP contribution in [0.25, 0.3) is 0 Å². The number of ether oxygens (including phenoxy) is 1. The number of morpholine rings is 1. The molecule has 1 unspecified atom stereocenters. The monoisotopic (exact) mass is 305 g/mol. The molecule has 6 heteroatoms. The first-order valence-electron chi connectivity index (χ1n) is 7.15. The Morgan fingerprint density at radius 3 is 3.24 bits per heavy atom. The molecule has 5 nitrogen and oxygen atoms in total. The number of H-pyrrole nitrogens is 1. The van der Waals surface area contributed by atoms with E-state index in [4.69, 9.17) is 4.74 Å². The molecule has 0 bridgehead atoms. The van der Waals surface area contributed by atoms with Crippen molar-refractivity contribution in [2.75, 3.05) is 19.8 Å². The van der Waals surface area contributed by atoms with Gasteiger partial charge in [-0.3, -0.25) is 4.79 Å². The SMILES string of the molecule is Cc1cnc(C2COCCN2C(=O)CCc2cccs2)[nH]1. The van der Waals surface area contributed by atoms with Gasteiger partial charge in [0.2, 0.25) is 5.91 Å². The van der Waals surface area contributed by atoms with Crippen molar-refractivity contribution in [1.29, 1.82) is 0 Å². The van der Waals surface area contributed by atoms with E-state index in [1.807, 2.05) is 23.3 Å². The Morgan fingerprint density at radius 2 is 2.52 bits per heavy atom. The number of aryl methyl sites for hydroxylation is 2. The summed E-state index contributed by atoms with van der Waals surface area (Å²) in [5.41, 5.74) is 1.00. The molecule has 2 aromatic heterocycles. The standard InChI is InChI=1S/C15H19N3O2S/c1-11-9-16-15(17-11)13-10-20-7-6-18(13)14(19)5-4-12-3-2-8-21-12/h2-3,8-9,13H,4-7,10H2,1H3,(H,16,17). The average molecular weight is 305 g/mol. The van der Waals surface area contributed by atoms with Crippen LogP contribution in [0.2, 0.25) is 0 Å². The van der Waals surface area contributed by atoms with Crippen molar-refractivity contribution in [2.45, 2.75) is 25.8 Å². The fourth-order valence-corrected chi connectivity index (χ4v) is 3.27. The maximum absolute atomic E-state index is 12.5. The van der Waals surface area contributed by atoms with Gasteiger partial charge < -0.3 is 14.6 Å². The predicted molar refractivity (Wildman–Crippen MR) is 81.2 cm³/mol. The number of aromatic amines is 1. The molecule has 0 aromatic carbocycles. The van der Waals surface area contributed by atoms with E-state index in [0.717, 1.165) is 17.9 Å². The summed E-state index contributed by atoms with van der Waals surface area (Å²) in [5.74, 6) is 0.988. The highest BCUT2D eigenvalue weighted by molar-refractivity contribution is 7.09. The van der Waals surface area contributed by atoms with Gasteiger partial charge in [0.1, 0.15) is 11.9 Å². The Morgan fingerprint density at radius 1 is 1.62 bits per heavy atom. The molecule has 1 saturated heterocycles. The van der Waals surface area contributed by atoms with Gasteiger partial charge in [0.05, 0.1) is 13.2 Å². The number of hydrogen-bond donors (Lipinski definition) is 1. The van der Waals surface area contributed by atoms with E-state index in [9.17, 15) is 4.79 Å². The van der Waals surface area contributed by atoms with E-state index in [1.54, 1.807) is 17.5 Å². The maximum Gasteiger partial charge on any atom is 0.223 e. The third-order valence-electron chi connectivity index (χ3n) is 3.65. The number of thiophene rings is 1. The van der Waals surface area contributed by atoms with Crippen LogP contribution in [-0.2, 0) is 16.0 Å². The summed E-state index contributed by atoms with van der Waals surface area (Å²) >= 11 is 1.70. The molecule has 0 radical (unpaired) electrons. The number of carbonyl (C=O) groups excluding carboxylic acids is 1. The summed E-state index contributed by atoms with van der Waals surface area (Å²) in [6, 6.07) is 4.00. The summed E-state index contributed by atoms with van der Waals surface area (Å²) in [4.78, 5) is 23.2. The molecule has 3 heterocycles. The second kappa shape index (κ2) is 6.41. The first-order valence-corrected chi connectivity index (χ1v) is 8.03. The van der Waals surface area contributed by atoms with Gasteiger partial charge in [-0.25, -0.2) is 4.98 Å². The number of amides is 1. The molecule has 112 valence electrons. The van der Waals surface area contributed by atoms with Crippen LogP contribution in [-0.4, -0.2) is 40.5 Å². The van der Waals surface area contributed by atoms with Crippen LogP contribution in [0.1, 0.15) is 28.9 Å². The quantitative estimate of drug-likeness (QED) is 0.943. The molecular weight excluding hydrogens is 286 g/mol. The van der Waals surface area contributed by atoms with Crippen molar-refractivity contribution in [2.24, 2.45) is 0 Å². The van der Waals surface area contributed by atoms with Gasteiger partial charge in [0.15, 0.2) is 0 Å². The lowest BCUT2D eigenvalue weighted by molar-refractivity contribution is -0.140. The normalized spacial score (nSPS) is 18.9. The highest BCUT2D eigenvalue weighted by atomic mass is 32.1. The van der Waals surface area contributed by atoms with E-state index < -0.39 is 0 Å². The summed E-state index contributed by atoms with van der Waals surface area (Å²) in [6.45, 7) is 3.70. The van der Waals surface area contributed by atoms with Crippen LogP contribution in [0, 0.1) is 6.92 Å². The molecule has 21 heavy (non-hydrogen) atoms. The molecule has 0 saturated carbocycles. The zero-order valence-electron chi connectivity index (χ0n) is 12.0. The number of aromatic nitrogens is 2. The lowest BCUT2D eigenvalue weighted by Crippen LogP contribution is -2.43. The Hall–Kier alpha value is -1.66. The van der Waals surface area contributed by atoms with E-state index in [1.165, 1.54) is 4.88 Å². The van der Waals surface area contributed by atoms with Crippen LogP contribution >= 0.6 is 11.3 Å². The van der Waals surface area contributed by atoms with Gasteiger partial charge in [-0.05, 0) is 24.8 Å². The van der Waals surface area contributed by atoms with Crippen molar-refractivity contribution in [3.05, 3.63) is 40.1 Å². The lowest BCUT2D eigenvalue weighted by Gasteiger charge is -2.34. The highest BCUT2D eigenvalue weighted by Gasteiger charge is 2.30. The first-order chi connectivity index (χ1) is 10.2. The number of hydrogen-bond acceptors (Lipinski definition) is 4. The van der Waals surface area contributed by atoms with E-state index >= 15 is 0 Å². The topological polar surface area (TPSA) is 58.2 Å². The Kier molecular flexibility index (Phi) is 4.36. The number of rotatable bonds is 4. The number of nitrogens with one attached hydrogen (secondary N) is 1. The number of nitrogens with zero attached hydrogens (tertiary/aromatic N) is 2. The van der Waals surface area contributed by atoms with Crippen LogP contribution in [0.3, 0.4) is 0 Å². The van der Waals surface area contributed by atoms with Crippen molar-refractivity contribution in [3.8, 4) is 0 Å². The molecule has 0 aliphatic carbocycles. The van der Waals surface area contributed by atoms with Crippen molar-refractivity contribution >= 4 is 17.2 Å². The maximum atomic E-state index is 12.5.